The van der Waals surface area contributed by atoms with Crippen LogP contribution in [0.3, 0.4) is 0 Å². The maximum Gasteiger partial charge on any atom is 0.408 e. The van der Waals surface area contributed by atoms with Crippen molar-refractivity contribution in [2.75, 3.05) is 5.32 Å². The van der Waals surface area contributed by atoms with Crippen molar-refractivity contribution in [3.05, 3.63) is 58.7 Å². The summed E-state index contributed by atoms with van der Waals surface area (Å²) in [5.74, 6) is -0.740. The van der Waals surface area contributed by atoms with E-state index in [1.54, 1.807) is 50.8 Å². The fourth-order valence-electron chi connectivity index (χ4n) is 4.72. The van der Waals surface area contributed by atoms with Crippen LogP contribution in [0.2, 0.25) is 0 Å². The second kappa shape index (κ2) is 12.1. The Balaban J connectivity index is 2.07. The van der Waals surface area contributed by atoms with E-state index in [4.69, 9.17) is 4.74 Å². The van der Waals surface area contributed by atoms with Gasteiger partial charge in [0.25, 0.3) is 5.91 Å². The van der Waals surface area contributed by atoms with Gasteiger partial charge in [0.2, 0.25) is 5.91 Å². The van der Waals surface area contributed by atoms with Gasteiger partial charge in [0.15, 0.2) is 0 Å². The maximum absolute atomic E-state index is 14.3. The number of carbonyl (C=O) groups is 3. The highest BCUT2D eigenvalue weighted by Crippen LogP contribution is 2.40. The van der Waals surface area contributed by atoms with E-state index in [-0.39, 0.29) is 23.6 Å². The Morgan fingerprint density at radius 1 is 1.00 bits per heavy atom. The van der Waals surface area contributed by atoms with Gasteiger partial charge in [-0.15, -0.1) is 0 Å². The van der Waals surface area contributed by atoms with Gasteiger partial charge in [-0.05, 0) is 83.4 Å². The van der Waals surface area contributed by atoms with Gasteiger partial charge < -0.3 is 25.4 Å². The lowest BCUT2D eigenvalue weighted by molar-refractivity contribution is -0.141. The van der Waals surface area contributed by atoms with Gasteiger partial charge in [0.1, 0.15) is 23.4 Å². The smallest absolute Gasteiger partial charge is 0.408 e. The number of alkyl carbamates (subject to hydrolysis) is 1. The molecule has 2 aromatic rings. The number of nitrogens with zero attached hydrogens (tertiary/aromatic N) is 1. The third kappa shape index (κ3) is 7.74. The predicted octanol–water partition coefficient (Wildman–Crippen LogP) is 5.93. The molecule has 1 fully saturated rings. The van der Waals surface area contributed by atoms with E-state index in [0.29, 0.717) is 23.2 Å². The van der Waals surface area contributed by atoms with Crippen molar-refractivity contribution in [2.45, 2.75) is 98.4 Å². The number of nitrogens with one attached hydrogen (secondary N) is 2. The summed E-state index contributed by atoms with van der Waals surface area (Å²) in [6.07, 6.45) is 1.14. The largest absolute Gasteiger partial charge is 0.507 e. The Labute approximate surface area is 232 Å². The third-order valence-electron chi connectivity index (χ3n) is 6.71. The number of phenolic OH excluding ortho intramolecular Hbond substituents is 1. The number of aryl methyl sites for hydroxylation is 3. The van der Waals surface area contributed by atoms with Crippen LogP contribution < -0.4 is 10.6 Å². The summed E-state index contributed by atoms with van der Waals surface area (Å²) in [4.78, 5) is 42.6. The molecule has 0 heterocycles. The Hall–Kier alpha value is -3.55. The number of hydrogen-bond acceptors (Lipinski definition) is 5. The van der Waals surface area contributed by atoms with E-state index >= 15 is 0 Å². The van der Waals surface area contributed by atoms with Crippen LogP contribution in [0.1, 0.15) is 82.2 Å². The molecule has 39 heavy (non-hydrogen) atoms. The van der Waals surface area contributed by atoms with Crippen LogP contribution in [-0.4, -0.2) is 45.6 Å². The first kappa shape index (κ1) is 30.0. The van der Waals surface area contributed by atoms with Crippen LogP contribution in [0.4, 0.5) is 10.5 Å². The van der Waals surface area contributed by atoms with Gasteiger partial charge in [-0.25, -0.2) is 4.79 Å². The minimum Gasteiger partial charge on any atom is -0.507 e. The molecule has 0 radical (unpaired) electrons. The highest BCUT2D eigenvalue weighted by Gasteiger charge is 2.45. The van der Waals surface area contributed by atoms with Crippen molar-refractivity contribution < 1.29 is 24.2 Å². The number of aromatic hydroxyl groups is 1. The van der Waals surface area contributed by atoms with Gasteiger partial charge in [-0.2, -0.15) is 0 Å². The van der Waals surface area contributed by atoms with E-state index in [1.807, 2.05) is 45.9 Å². The predicted molar refractivity (Wildman–Crippen MR) is 153 cm³/mol. The second-order valence-electron chi connectivity index (χ2n) is 12.0. The molecule has 8 nitrogen and oxygen atoms in total. The molecule has 8 heteroatoms. The Morgan fingerprint density at radius 3 is 2.10 bits per heavy atom. The average molecular weight is 538 g/mol. The summed E-state index contributed by atoms with van der Waals surface area (Å²) in [5, 5.41) is 16.9. The quantitative estimate of drug-likeness (QED) is 0.368. The highest BCUT2D eigenvalue weighted by atomic mass is 16.6. The van der Waals surface area contributed by atoms with Crippen LogP contribution in [0.5, 0.6) is 5.75 Å². The average Bonchev–Trinajstić information content (AvgIpc) is 3.64. The van der Waals surface area contributed by atoms with E-state index in [1.165, 1.54) is 0 Å². The van der Waals surface area contributed by atoms with Crippen LogP contribution in [0.25, 0.3) is 0 Å². The van der Waals surface area contributed by atoms with Gasteiger partial charge in [0.05, 0.1) is 0 Å². The van der Waals surface area contributed by atoms with Gasteiger partial charge in [0, 0.05) is 17.3 Å². The SMILES string of the molecule is Cc1cccc(C(C(=O)Nc2c(C)cccc2C)N(C(=O)C(CC(C)C)NC(=O)OC(C)(C)C)C2CC2)c1O. The summed E-state index contributed by atoms with van der Waals surface area (Å²) in [6, 6.07) is 8.76. The molecule has 3 N–H and O–H groups in total. The molecule has 3 rings (SSSR count). The number of ether oxygens (including phenoxy) is 1. The van der Waals surface area contributed by atoms with Crippen LogP contribution >= 0.6 is 0 Å². The molecule has 2 aromatic carbocycles. The third-order valence-corrected chi connectivity index (χ3v) is 6.71. The number of amides is 3. The lowest BCUT2D eigenvalue weighted by atomic mass is 9.97. The summed E-state index contributed by atoms with van der Waals surface area (Å²) < 4.78 is 5.45. The number of benzene rings is 2. The molecule has 212 valence electrons. The molecule has 0 spiro atoms. The fourth-order valence-corrected chi connectivity index (χ4v) is 4.72. The molecule has 2 atom stereocenters. The summed E-state index contributed by atoms with van der Waals surface area (Å²) in [5.41, 5.74) is 2.68. The number of hydrogen-bond donors (Lipinski definition) is 3. The number of phenols is 1. The van der Waals surface area contributed by atoms with Gasteiger partial charge in [-0.3, -0.25) is 9.59 Å². The molecule has 0 bridgehead atoms. The number of carbonyl (C=O) groups excluding carboxylic acids is 3. The molecule has 0 aliphatic heterocycles. The second-order valence-corrected chi connectivity index (χ2v) is 12.0. The van der Waals surface area contributed by atoms with Crippen LogP contribution in [0.15, 0.2) is 36.4 Å². The first-order chi connectivity index (χ1) is 18.2. The number of rotatable bonds is 9. The van der Waals surface area contributed by atoms with Crippen LogP contribution in [-0.2, 0) is 14.3 Å². The fraction of sp³-hybridized carbons (Fsp3) is 0.516. The number of anilines is 1. The molecule has 0 aromatic heterocycles. The molecular formula is C31H43N3O5. The monoisotopic (exact) mass is 537 g/mol. The molecule has 2 unspecified atom stereocenters. The van der Waals surface area contributed by atoms with E-state index in [2.05, 4.69) is 10.6 Å². The number of para-hydroxylation sites is 2. The Kier molecular flexibility index (Phi) is 9.30. The van der Waals surface area contributed by atoms with Gasteiger partial charge in [-0.1, -0.05) is 50.2 Å². The summed E-state index contributed by atoms with van der Waals surface area (Å²) in [6.45, 7) is 14.8. The summed E-state index contributed by atoms with van der Waals surface area (Å²) in [7, 11) is 0. The van der Waals surface area contributed by atoms with Crippen molar-refractivity contribution in [2.24, 2.45) is 5.92 Å². The molecule has 1 aliphatic rings. The minimum atomic E-state index is -1.10. The van der Waals surface area contributed by atoms with Gasteiger partial charge >= 0.3 is 6.09 Å². The first-order valence-corrected chi connectivity index (χ1v) is 13.7. The minimum absolute atomic E-state index is 0.0295. The van der Waals surface area contributed by atoms with E-state index in [0.717, 1.165) is 24.0 Å². The van der Waals surface area contributed by atoms with Crippen molar-refractivity contribution in [3.63, 3.8) is 0 Å². The zero-order chi connectivity index (χ0) is 29.1. The zero-order valence-electron chi connectivity index (χ0n) is 24.4. The van der Waals surface area contributed by atoms with Crippen molar-refractivity contribution >= 4 is 23.6 Å². The maximum atomic E-state index is 14.3. The normalized spacial score (nSPS) is 14.9. The van der Waals surface area contributed by atoms with Crippen LogP contribution in [0, 0.1) is 26.7 Å². The summed E-state index contributed by atoms with van der Waals surface area (Å²) >= 11 is 0. The standard InChI is InChI=1S/C31H43N3O5/c1-18(2)17-24(32-30(38)39-31(6,7)8)29(37)34(22-15-16-22)26(23-14-10-13-21(5)27(23)35)28(36)33-25-19(3)11-9-12-20(25)4/h9-14,18,22,24,26,35H,15-17H2,1-8H3,(H,32,38)(H,33,36). The lowest BCUT2D eigenvalue weighted by Crippen LogP contribution is -2.53. The van der Waals surface area contributed by atoms with Crippen molar-refractivity contribution in [1.82, 2.24) is 10.2 Å². The van der Waals surface area contributed by atoms with E-state index < -0.39 is 29.7 Å². The molecular weight excluding hydrogens is 494 g/mol. The van der Waals surface area contributed by atoms with Crippen molar-refractivity contribution in [1.29, 1.82) is 0 Å². The van der Waals surface area contributed by atoms with E-state index in [9.17, 15) is 19.5 Å². The topological polar surface area (TPSA) is 108 Å². The van der Waals surface area contributed by atoms with Crippen molar-refractivity contribution in [3.8, 4) is 5.75 Å². The highest BCUT2D eigenvalue weighted by molar-refractivity contribution is 6.00. The zero-order valence-corrected chi connectivity index (χ0v) is 24.4. The molecule has 1 saturated carbocycles. The Morgan fingerprint density at radius 2 is 1.56 bits per heavy atom. The molecule has 0 saturated heterocycles. The first-order valence-electron chi connectivity index (χ1n) is 13.7. The molecule has 3 amide bonds. The Bertz CT molecular complexity index is 1190. The molecule has 1 aliphatic carbocycles. The lowest BCUT2D eigenvalue weighted by Gasteiger charge is -2.35.